The van der Waals surface area contributed by atoms with Crippen LogP contribution < -0.4 is 9.47 Å². The number of nitrogens with zero attached hydrogens (tertiary/aromatic N) is 2. The van der Waals surface area contributed by atoms with Crippen LogP contribution in [0.15, 0.2) is 42.5 Å². The van der Waals surface area contributed by atoms with Gasteiger partial charge in [-0.2, -0.15) is 0 Å². The fourth-order valence-electron chi connectivity index (χ4n) is 7.10. The first-order valence-electron chi connectivity index (χ1n) is 13.0. The summed E-state index contributed by atoms with van der Waals surface area (Å²) in [5.41, 5.74) is 0.491. The molecule has 1 amide bonds. The lowest BCUT2D eigenvalue weighted by molar-refractivity contribution is -0.274. The van der Waals surface area contributed by atoms with Crippen LogP contribution >= 0.6 is 0 Å². The lowest BCUT2D eigenvalue weighted by atomic mass is 9.48. The third-order valence-electron chi connectivity index (χ3n) is 8.97. The Morgan fingerprint density at radius 2 is 2.00 bits per heavy atom. The zero-order chi connectivity index (χ0) is 28.2. The highest BCUT2D eigenvalue weighted by Crippen LogP contribution is 2.61. The predicted molar refractivity (Wildman–Crippen MR) is 139 cm³/mol. The monoisotopic (exact) mass is 546 g/mol. The number of carbonyl (C=O) groups is 1. The number of halogens is 3. The van der Waals surface area contributed by atoms with Crippen LogP contribution in [0.3, 0.4) is 0 Å². The Kier molecular flexibility index (Phi) is 6.83. The van der Waals surface area contributed by atoms with Crippen LogP contribution in [-0.4, -0.2) is 77.7 Å². The van der Waals surface area contributed by atoms with Crippen molar-refractivity contribution < 1.29 is 37.7 Å². The summed E-state index contributed by atoms with van der Waals surface area (Å²) < 4.78 is 47.4. The van der Waals surface area contributed by atoms with Gasteiger partial charge >= 0.3 is 6.36 Å². The third kappa shape index (κ3) is 4.63. The molecule has 10 heteroatoms. The maximum absolute atomic E-state index is 13.2. The van der Waals surface area contributed by atoms with Gasteiger partial charge in [0.05, 0.1) is 12.7 Å². The van der Waals surface area contributed by atoms with Crippen molar-refractivity contribution in [3.05, 3.63) is 59.2 Å². The Morgan fingerprint density at radius 3 is 2.72 bits per heavy atom. The van der Waals surface area contributed by atoms with E-state index in [2.05, 4.69) is 9.64 Å². The van der Waals surface area contributed by atoms with Gasteiger partial charge in [-0.25, -0.2) is 0 Å². The van der Waals surface area contributed by atoms with Crippen LogP contribution in [0.2, 0.25) is 0 Å². The summed E-state index contributed by atoms with van der Waals surface area (Å²) in [7, 11) is 5.25. The first-order chi connectivity index (χ1) is 18.4. The Balaban J connectivity index is 1.43. The number of likely N-dealkylation sites (tertiary alicyclic amines) is 1. The number of piperidine rings is 1. The van der Waals surface area contributed by atoms with E-state index in [1.54, 1.807) is 24.1 Å². The van der Waals surface area contributed by atoms with Crippen molar-refractivity contribution >= 4 is 12.0 Å². The summed E-state index contributed by atoms with van der Waals surface area (Å²) in [4.78, 5) is 17.0. The highest BCUT2D eigenvalue weighted by molar-refractivity contribution is 5.92. The number of amides is 1. The highest BCUT2D eigenvalue weighted by Gasteiger charge is 2.65. The first kappa shape index (κ1) is 27.3. The van der Waals surface area contributed by atoms with Gasteiger partial charge in [-0.3, -0.25) is 4.79 Å². The summed E-state index contributed by atoms with van der Waals surface area (Å²) in [6.07, 6.45) is 0.833. The molecule has 3 aliphatic rings. The Hall–Kier alpha value is -3.24. The Morgan fingerprint density at radius 1 is 1.23 bits per heavy atom. The molecule has 0 spiro atoms. The molecule has 210 valence electrons. The normalized spacial score (nSPS) is 28.5. The van der Waals surface area contributed by atoms with Crippen molar-refractivity contribution in [3.63, 3.8) is 0 Å². The summed E-state index contributed by atoms with van der Waals surface area (Å²) in [6, 6.07) is 8.66. The lowest BCUT2D eigenvalue weighted by Gasteiger charge is -2.64. The molecule has 4 atom stereocenters. The maximum Gasteiger partial charge on any atom is 0.573 e. The number of rotatable bonds is 5. The van der Waals surface area contributed by atoms with Gasteiger partial charge in [0, 0.05) is 36.2 Å². The van der Waals surface area contributed by atoms with E-state index in [1.807, 2.05) is 13.1 Å². The predicted octanol–water partition coefficient (Wildman–Crippen LogP) is 4.25. The number of fused-ring (bicyclic) bond motifs is 1. The molecule has 7 nitrogen and oxygen atoms in total. The Bertz CT molecular complexity index is 1300. The molecule has 0 aromatic heterocycles. The molecule has 2 N–H and O–H groups in total. The van der Waals surface area contributed by atoms with Crippen LogP contribution in [0.4, 0.5) is 13.2 Å². The van der Waals surface area contributed by atoms with Gasteiger partial charge in [-0.05, 0) is 81.1 Å². The second kappa shape index (κ2) is 9.75. The van der Waals surface area contributed by atoms with E-state index in [4.69, 9.17) is 4.74 Å². The number of phenols is 1. The van der Waals surface area contributed by atoms with E-state index in [0.29, 0.717) is 43.4 Å². The molecule has 2 aromatic rings. The van der Waals surface area contributed by atoms with Crippen LogP contribution in [0.25, 0.3) is 6.08 Å². The molecule has 1 saturated heterocycles. The van der Waals surface area contributed by atoms with Crippen molar-refractivity contribution in [1.29, 1.82) is 0 Å². The number of likely N-dealkylation sites (N-methyl/N-ethyl adjacent to an activating group) is 2. The summed E-state index contributed by atoms with van der Waals surface area (Å²) >= 11 is 0. The van der Waals surface area contributed by atoms with E-state index < -0.39 is 17.4 Å². The van der Waals surface area contributed by atoms with Crippen LogP contribution in [0.5, 0.6) is 17.2 Å². The molecule has 2 bridgehead atoms. The largest absolute Gasteiger partial charge is 0.573 e. The summed E-state index contributed by atoms with van der Waals surface area (Å²) in [6.45, 7) is 0.756. The standard InChI is InChI=1S/C29H33F3N2O5/c1-33-14-13-27-17-20(34(2)24(36)10-7-18-5-4-6-21(15-18)39-29(30,31)32)11-12-28(27,37)23(33)16-19-8-9-22(35)26(38-3)25(19)27/h4-10,15,20,23,35,37H,11-14,16-17H2,1-3H3/b10-7+/t20?,23-,27-,28-/m1/s1. The number of benzene rings is 2. The summed E-state index contributed by atoms with van der Waals surface area (Å²) in [5.74, 6) is -0.255. The molecule has 0 radical (unpaired) electrons. The molecule has 1 saturated carbocycles. The smallest absolute Gasteiger partial charge is 0.504 e. The van der Waals surface area contributed by atoms with Crippen molar-refractivity contribution in [2.75, 3.05) is 27.7 Å². The number of hydrogen-bond acceptors (Lipinski definition) is 6. The van der Waals surface area contributed by atoms with Gasteiger partial charge in [0.1, 0.15) is 5.75 Å². The maximum atomic E-state index is 13.2. The molecule has 2 fully saturated rings. The fourth-order valence-corrected chi connectivity index (χ4v) is 7.10. The number of phenolic OH excluding ortho intramolecular Hbond substituents is 1. The van der Waals surface area contributed by atoms with Crippen LogP contribution in [0.1, 0.15) is 42.4 Å². The molecule has 1 aliphatic heterocycles. The molecule has 39 heavy (non-hydrogen) atoms. The average Bonchev–Trinajstić information content (AvgIpc) is 2.88. The number of carbonyl (C=O) groups excluding carboxylic acids is 1. The molecular formula is C29H33F3N2O5. The van der Waals surface area contributed by atoms with Gasteiger partial charge in [0.15, 0.2) is 11.5 Å². The number of alkyl halides is 3. The average molecular weight is 547 g/mol. The minimum atomic E-state index is -4.80. The molecular weight excluding hydrogens is 513 g/mol. The van der Waals surface area contributed by atoms with Crippen molar-refractivity contribution in [3.8, 4) is 17.2 Å². The second-order valence-electron chi connectivity index (χ2n) is 10.9. The van der Waals surface area contributed by atoms with E-state index in [0.717, 1.165) is 17.7 Å². The van der Waals surface area contributed by atoms with E-state index >= 15 is 0 Å². The highest BCUT2D eigenvalue weighted by atomic mass is 19.4. The van der Waals surface area contributed by atoms with E-state index in [9.17, 15) is 28.2 Å². The first-order valence-corrected chi connectivity index (χ1v) is 13.0. The number of hydrogen-bond donors (Lipinski definition) is 2. The van der Waals surface area contributed by atoms with Gasteiger partial charge < -0.3 is 29.5 Å². The second-order valence-corrected chi connectivity index (χ2v) is 10.9. The third-order valence-corrected chi connectivity index (χ3v) is 8.97. The lowest BCUT2D eigenvalue weighted by Crippen LogP contribution is -2.73. The number of aromatic hydroxyl groups is 1. The minimum absolute atomic E-state index is 0.0246. The van der Waals surface area contributed by atoms with Gasteiger partial charge in [0.2, 0.25) is 5.91 Å². The molecule has 5 rings (SSSR count). The van der Waals surface area contributed by atoms with E-state index in [-0.39, 0.29) is 29.5 Å². The van der Waals surface area contributed by atoms with E-state index in [1.165, 1.54) is 37.5 Å². The van der Waals surface area contributed by atoms with Crippen molar-refractivity contribution in [1.82, 2.24) is 9.80 Å². The fraction of sp³-hybridized carbons (Fsp3) is 0.483. The number of aliphatic hydroxyl groups is 1. The molecule has 1 unspecified atom stereocenters. The molecule has 2 aromatic carbocycles. The SMILES string of the molecule is COc1c(O)ccc2c1[C@]13CCN(C)[C@H](C2)[C@]1(O)CCC(N(C)C(=O)/C=C/c1cccc(OC(F)(F)F)c1)C3. The van der Waals surface area contributed by atoms with Crippen molar-refractivity contribution in [2.45, 2.75) is 61.6 Å². The minimum Gasteiger partial charge on any atom is -0.504 e. The molecule has 2 aliphatic carbocycles. The van der Waals surface area contributed by atoms with Crippen molar-refractivity contribution in [2.24, 2.45) is 0 Å². The van der Waals surface area contributed by atoms with Gasteiger partial charge in [-0.15, -0.1) is 13.2 Å². The van der Waals surface area contributed by atoms with Gasteiger partial charge in [-0.1, -0.05) is 18.2 Å². The van der Waals surface area contributed by atoms with Crippen LogP contribution in [-0.2, 0) is 16.6 Å². The van der Waals surface area contributed by atoms with Crippen LogP contribution in [0, 0.1) is 0 Å². The molecule has 1 heterocycles. The quantitative estimate of drug-likeness (QED) is 0.546. The summed E-state index contributed by atoms with van der Waals surface area (Å²) in [5, 5.41) is 22.9. The topological polar surface area (TPSA) is 82.5 Å². The zero-order valence-electron chi connectivity index (χ0n) is 22.2. The zero-order valence-corrected chi connectivity index (χ0v) is 22.2. The Labute approximate surface area is 225 Å². The van der Waals surface area contributed by atoms with Gasteiger partial charge in [0.25, 0.3) is 0 Å². The number of ether oxygens (including phenoxy) is 2. The number of methoxy groups -OCH3 is 1.